The standard InChI is InChI=1S/C26H27N5O2/c1-16-14-31(15-17(2)33-16)24-12-11-19(13-27-24)26(32)30-21-10-6-7-20(18(21)3)25-28-22-8-4-5-9-23(22)29-25/h4-13,16-17H,14-15H2,1-3H3,(H,28,29)(H,30,32)/t16-,17+. The van der Waals surface area contributed by atoms with Crippen molar-refractivity contribution in [1.29, 1.82) is 0 Å². The van der Waals surface area contributed by atoms with E-state index < -0.39 is 0 Å². The maximum Gasteiger partial charge on any atom is 0.257 e. The van der Waals surface area contributed by atoms with E-state index in [0.717, 1.165) is 52.6 Å². The number of H-pyrrole nitrogens is 1. The molecule has 7 heteroatoms. The van der Waals surface area contributed by atoms with Gasteiger partial charge in [-0.15, -0.1) is 0 Å². The molecule has 2 aromatic heterocycles. The Bertz CT molecular complexity index is 1250. The number of hydrogen-bond donors (Lipinski definition) is 2. The largest absolute Gasteiger partial charge is 0.372 e. The number of carbonyl (C=O) groups is 1. The average Bonchev–Trinajstić information content (AvgIpc) is 3.24. The molecular weight excluding hydrogens is 414 g/mol. The Morgan fingerprint density at radius 1 is 1.06 bits per heavy atom. The molecule has 3 heterocycles. The third-order valence-corrected chi connectivity index (χ3v) is 5.98. The van der Waals surface area contributed by atoms with Gasteiger partial charge in [0.2, 0.25) is 0 Å². The van der Waals surface area contributed by atoms with Crippen molar-refractivity contribution in [3.63, 3.8) is 0 Å². The van der Waals surface area contributed by atoms with E-state index >= 15 is 0 Å². The Balaban J connectivity index is 1.34. The first-order chi connectivity index (χ1) is 16.0. The highest BCUT2D eigenvalue weighted by Gasteiger charge is 2.23. The van der Waals surface area contributed by atoms with Crippen molar-refractivity contribution in [3.8, 4) is 11.4 Å². The lowest BCUT2D eigenvalue weighted by atomic mass is 10.1. The SMILES string of the molecule is Cc1c(NC(=O)c2ccc(N3C[C@@H](C)O[C@@H](C)C3)nc2)cccc1-c1nc2ccccc2[nH]1. The number of carbonyl (C=O) groups excluding carboxylic acids is 1. The smallest absolute Gasteiger partial charge is 0.257 e. The molecule has 1 aliphatic rings. The van der Waals surface area contributed by atoms with Gasteiger partial charge in [-0.25, -0.2) is 9.97 Å². The second-order valence-corrected chi connectivity index (χ2v) is 8.60. The Hall–Kier alpha value is -3.71. The van der Waals surface area contributed by atoms with E-state index in [9.17, 15) is 4.79 Å². The molecule has 1 fully saturated rings. The van der Waals surface area contributed by atoms with E-state index in [1.807, 2.05) is 61.5 Å². The van der Waals surface area contributed by atoms with Crippen LogP contribution in [0.4, 0.5) is 11.5 Å². The van der Waals surface area contributed by atoms with Gasteiger partial charge in [0.15, 0.2) is 0 Å². The minimum absolute atomic E-state index is 0.153. The molecule has 5 rings (SSSR count). The first kappa shape index (κ1) is 21.2. The Morgan fingerprint density at radius 3 is 2.58 bits per heavy atom. The van der Waals surface area contributed by atoms with Crippen LogP contribution in [0.2, 0.25) is 0 Å². The number of para-hydroxylation sites is 2. The molecule has 0 spiro atoms. The minimum Gasteiger partial charge on any atom is -0.372 e. The lowest BCUT2D eigenvalue weighted by Crippen LogP contribution is -2.45. The summed E-state index contributed by atoms with van der Waals surface area (Å²) in [5.41, 5.74) is 5.06. The third kappa shape index (κ3) is 4.32. The topological polar surface area (TPSA) is 83.1 Å². The Labute approximate surface area is 192 Å². The van der Waals surface area contributed by atoms with Gasteiger partial charge in [-0.2, -0.15) is 0 Å². The number of imidazole rings is 1. The normalized spacial score (nSPS) is 18.5. The number of fused-ring (bicyclic) bond motifs is 1. The fourth-order valence-electron chi connectivity index (χ4n) is 4.37. The number of anilines is 2. The number of hydrogen-bond acceptors (Lipinski definition) is 5. The summed E-state index contributed by atoms with van der Waals surface area (Å²) in [5, 5.41) is 3.03. The van der Waals surface area contributed by atoms with Gasteiger partial charge < -0.3 is 19.9 Å². The summed E-state index contributed by atoms with van der Waals surface area (Å²) < 4.78 is 5.80. The van der Waals surface area contributed by atoms with Gasteiger partial charge in [0.1, 0.15) is 11.6 Å². The zero-order valence-electron chi connectivity index (χ0n) is 19.0. The van der Waals surface area contributed by atoms with Gasteiger partial charge in [0.25, 0.3) is 5.91 Å². The van der Waals surface area contributed by atoms with Crippen LogP contribution >= 0.6 is 0 Å². The van der Waals surface area contributed by atoms with Crippen LogP contribution in [0, 0.1) is 6.92 Å². The number of amides is 1. The lowest BCUT2D eigenvalue weighted by molar-refractivity contribution is -0.00546. The van der Waals surface area contributed by atoms with Gasteiger partial charge in [0.05, 0.1) is 28.8 Å². The van der Waals surface area contributed by atoms with Crippen molar-refractivity contribution >= 4 is 28.4 Å². The zero-order chi connectivity index (χ0) is 22.9. The van der Waals surface area contributed by atoms with E-state index in [1.165, 1.54) is 0 Å². The van der Waals surface area contributed by atoms with Crippen LogP contribution in [-0.4, -0.2) is 46.2 Å². The number of rotatable bonds is 4. The molecule has 1 saturated heterocycles. The van der Waals surface area contributed by atoms with Crippen LogP contribution in [0.1, 0.15) is 29.8 Å². The fraction of sp³-hybridized carbons (Fsp3) is 0.269. The molecule has 2 aromatic carbocycles. The van der Waals surface area contributed by atoms with Gasteiger partial charge in [0, 0.05) is 30.5 Å². The first-order valence-electron chi connectivity index (χ1n) is 11.2. The summed E-state index contributed by atoms with van der Waals surface area (Å²) in [6.45, 7) is 7.69. The number of morpholine rings is 1. The maximum absolute atomic E-state index is 12.9. The van der Waals surface area contributed by atoms with Crippen molar-refractivity contribution in [3.05, 3.63) is 71.9 Å². The summed E-state index contributed by atoms with van der Waals surface area (Å²) in [4.78, 5) is 27.7. The number of benzene rings is 2. The average molecular weight is 442 g/mol. The molecule has 168 valence electrons. The van der Waals surface area contributed by atoms with Crippen LogP contribution in [0.25, 0.3) is 22.4 Å². The zero-order valence-corrected chi connectivity index (χ0v) is 19.0. The molecule has 0 saturated carbocycles. The van der Waals surface area contributed by atoms with Gasteiger partial charge in [-0.3, -0.25) is 4.79 Å². The maximum atomic E-state index is 12.9. The highest BCUT2D eigenvalue weighted by Crippen LogP contribution is 2.28. The molecule has 0 aliphatic carbocycles. The Morgan fingerprint density at radius 2 is 1.85 bits per heavy atom. The van der Waals surface area contributed by atoms with Gasteiger partial charge >= 0.3 is 0 Å². The number of pyridine rings is 1. The van der Waals surface area contributed by atoms with Crippen LogP contribution in [-0.2, 0) is 4.74 Å². The van der Waals surface area contributed by atoms with Gasteiger partial charge in [-0.05, 0) is 56.7 Å². The van der Waals surface area contributed by atoms with E-state index in [1.54, 1.807) is 6.20 Å². The van der Waals surface area contributed by atoms with Crippen LogP contribution < -0.4 is 10.2 Å². The number of nitrogens with zero attached hydrogens (tertiary/aromatic N) is 3. The number of nitrogens with one attached hydrogen (secondary N) is 2. The van der Waals surface area contributed by atoms with E-state index in [0.29, 0.717) is 5.56 Å². The highest BCUT2D eigenvalue weighted by atomic mass is 16.5. The molecule has 2 N–H and O–H groups in total. The number of ether oxygens (including phenoxy) is 1. The summed E-state index contributed by atoms with van der Waals surface area (Å²) in [6.07, 6.45) is 1.94. The molecule has 0 unspecified atom stereocenters. The first-order valence-corrected chi connectivity index (χ1v) is 11.2. The summed E-state index contributed by atoms with van der Waals surface area (Å²) in [6, 6.07) is 17.5. The van der Waals surface area contributed by atoms with Crippen LogP contribution in [0.15, 0.2) is 60.8 Å². The van der Waals surface area contributed by atoms with Crippen molar-refractivity contribution in [2.45, 2.75) is 33.0 Å². The lowest BCUT2D eigenvalue weighted by Gasteiger charge is -2.36. The summed E-state index contributed by atoms with van der Waals surface area (Å²) in [7, 11) is 0. The third-order valence-electron chi connectivity index (χ3n) is 5.98. The van der Waals surface area contributed by atoms with Crippen molar-refractivity contribution < 1.29 is 9.53 Å². The van der Waals surface area contributed by atoms with Crippen molar-refractivity contribution in [2.24, 2.45) is 0 Å². The molecule has 4 aromatic rings. The molecule has 1 amide bonds. The van der Waals surface area contributed by atoms with Crippen LogP contribution in [0.5, 0.6) is 0 Å². The predicted molar refractivity (Wildman–Crippen MR) is 131 cm³/mol. The summed E-state index contributed by atoms with van der Waals surface area (Å²) >= 11 is 0. The monoisotopic (exact) mass is 441 g/mol. The van der Waals surface area contributed by atoms with E-state index in [4.69, 9.17) is 9.72 Å². The molecule has 2 atom stereocenters. The molecule has 1 aliphatic heterocycles. The van der Waals surface area contributed by atoms with E-state index in [-0.39, 0.29) is 18.1 Å². The van der Waals surface area contributed by atoms with Gasteiger partial charge in [-0.1, -0.05) is 24.3 Å². The van der Waals surface area contributed by atoms with Crippen LogP contribution in [0.3, 0.4) is 0 Å². The molecular formula is C26H27N5O2. The second-order valence-electron chi connectivity index (χ2n) is 8.60. The van der Waals surface area contributed by atoms with E-state index in [2.05, 4.69) is 34.0 Å². The number of aromatic amines is 1. The highest BCUT2D eigenvalue weighted by molar-refractivity contribution is 6.05. The van der Waals surface area contributed by atoms with Crippen molar-refractivity contribution in [2.75, 3.05) is 23.3 Å². The Kier molecular flexibility index (Phi) is 5.56. The fourth-order valence-corrected chi connectivity index (χ4v) is 4.37. The quantitative estimate of drug-likeness (QED) is 0.475. The minimum atomic E-state index is -0.192. The molecule has 7 nitrogen and oxygen atoms in total. The van der Waals surface area contributed by atoms with Crippen molar-refractivity contribution in [1.82, 2.24) is 15.0 Å². The molecule has 0 bridgehead atoms. The predicted octanol–water partition coefficient (Wildman–Crippen LogP) is 4.80. The molecule has 0 radical (unpaired) electrons. The second kappa shape index (κ2) is 8.67. The summed E-state index contributed by atoms with van der Waals surface area (Å²) in [5.74, 6) is 1.45. The number of aromatic nitrogens is 3. The molecule has 33 heavy (non-hydrogen) atoms.